The molecule has 170 valence electrons. The van der Waals surface area contributed by atoms with E-state index < -0.39 is 23.6 Å². The summed E-state index contributed by atoms with van der Waals surface area (Å²) in [4.78, 5) is 55.7. The molecule has 3 heterocycles. The number of anilines is 1. The molecule has 0 bridgehead atoms. The first-order chi connectivity index (χ1) is 15.2. The van der Waals surface area contributed by atoms with Gasteiger partial charge in [-0.3, -0.25) is 24.2 Å². The molecule has 0 spiro atoms. The van der Waals surface area contributed by atoms with Crippen molar-refractivity contribution in [2.75, 3.05) is 5.73 Å². The van der Waals surface area contributed by atoms with Crippen molar-refractivity contribution in [3.05, 3.63) is 45.8 Å². The summed E-state index contributed by atoms with van der Waals surface area (Å²) in [5.74, 6) is -3.12. The molecular weight excluding hydrogens is 420 g/mol. The molecule has 0 aliphatic carbocycles. The van der Waals surface area contributed by atoms with Crippen molar-refractivity contribution in [1.82, 2.24) is 15.0 Å². The summed E-state index contributed by atoms with van der Waals surface area (Å²) in [5, 5.41) is 18.4. The Morgan fingerprint density at radius 2 is 1.88 bits per heavy atom. The maximum Gasteiger partial charge on any atom is 0.306 e. The van der Waals surface area contributed by atoms with E-state index in [4.69, 9.17) is 15.3 Å². The molecule has 11 nitrogen and oxygen atoms in total. The number of fused-ring (bicyclic) bond motifs is 1. The number of aryl methyl sites for hydroxylation is 2. The summed E-state index contributed by atoms with van der Waals surface area (Å²) < 4.78 is 5.54. The van der Waals surface area contributed by atoms with Crippen LogP contribution in [0.4, 0.5) is 5.95 Å². The number of carbonyl (C=O) groups excluding carboxylic acids is 1. The molecule has 0 fully saturated rings. The van der Waals surface area contributed by atoms with Gasteiger partial charge in [-0.25, -0.2) is 0 Å². The topological polar surface area (TPSA) is 192 Å². The van der Waals surface area contributed by atoms with Crippen LogP contribution < -0.4 is 11.3 Å². The Labute approximate surface area is 181 Å². The van der Waals surface area contributed by atoms with Gasteiger partial charge in [0.1, 0.15) is 11.4 Å². The van der Waals surface area contributed by atoms with Crippen LogP contribution in [0.5, 0.6) is 0 Å². The molecule has 11 heteroatoms. The summed E-state index contributed by atoms with van der Waals surface area (Å²) in [6.07, 6.45) is 2.08. The third kappa shape index (κ3) is 5.84. The molecule has 0 aliphatic rings. The average Bonchev–Trinajstić information content (AvgIpc) is 3.35. The predicted molar refractivity (Wildman–Crippen MR) is 113 cm³/mol. The summed E-state index contributed by atoms with van der Waals surface area (Å²) in [6.45, 7) is 0. The standard InChI is InChI=1S/C21H24N4O7/c22-21-24-18-14(19(29)25-21)10-12(23-18)3-1-2-4-13-6-7-16(32-13)15(26)9-11(20(30)31)5-8-17(27)28/h6-7,10-11H,1-5,8-9H2,(H,27,28)(H,30,31)(H4,22,23,24,25,29)/t11-/m1/s1. The van der Waals surface area contributed by atoms with Crippen LogP contribution in [0.1, 0.15) is 54.1 Å². The number of carbonyl (C=O) groups is 3. The van der Waals surface area contributed by atoms with Crippen LogP contribution in [0.25, 0.3) is 11.0 Å². The number of nitrogens with zero attached hydrogens (tertiary/aromatic N) is 1. The number of ketones is 1. The van der Waals surface area contributed by atoms with Crippen LogP contribution in [0.2, 0.25) is 0 Å². The van der Waals surface area contributed by atoms with Crippen molar-refractivity contribution in [3.8, 4) is 0 Å². The zero-order valence-electron chi connectivity index (χ0n) is 17.2. The number of hydrogen-bond donors (Lipinski definition) is 5. The van der Waals surface area contributed by atoms with Gasteiger partial charge in [-0.15, -0.1) is 0 Å². The number of H-pyrrole nitrogens is 2. The van der Waals surface area contributed by atoms with Gasteiger partial charge in [-0.05, 0) is 43.9 Å². The van der Waals surface area contributed by atoms with Crippen molar-refractivity contribution in [1.29, 1.82) is 0 Å². The largest absolute Gasteiger partial charge is 0.481 e. The lowest BCUT2D eigenvalue weighted by molar-refractivity contribution is -0.142. The zero-order valence-corrected chi connectivity index (χ0v) is 17.2. The van der Waals surface area contributed by atoms with Gasteiger partial charge >= 0.3 is 11.9 Å². The molecule has 6 N–H and O–H groups in total. The lowest BCUT2D eigenvalue weighted by atomic mass is 9.96. The number of carboxylic acids is 2. The number of aliphatic carboxylic acids is 2. The normalized spacial score (nSPS) is 12.1. The minimum absolute atomic E-state index is 0.0515. The number of hydrogen-bond acceptors (Lipinski definition) is 7. The molecule has 0 aromatic carbocycles. The van der Waals surface area contributed by atoms with Crippen LogP contribution >= 0.6 is 0 Å². The van der Waals surface area contributed by atoms with Gasteiger partial charge in [-0.2, -0.15) is 4.98 Å². The van der Waals surface area contributed by atoms with Gasteiger partial charge in [0.2, 0.25) is 5.95 Å². The molecule has 32 heavy (non-hydrogen) atoms. The third-order valence-corrected chi connectivity index (χ3v) is 5.11. The van der Waals surface area contributed by atoms with Crippen molar-refractivity contribution in [2.24, 2.45) is 5.92 Å². The number of nitrogen functional groups attached to an aromatic ring is 1. The number of carboxylic acid groups (broad SMARTS) is 2. The molecule has 0 saturated carbocycles. The van der Waals surface area contributed by atoms with Crippen LogP contribution in [-0.2, 0) is 22.4 Å². The first kappa shape index (κ1) is 22.8. The first-order valence-corrected chi connectivity index (χ1v) is 10.2. The quantitative estimate of drug-likeness (QED) is 0.205. The highest BCUT2D eigenvalue weighted by Gasteiger charge is 2.24. The fraction of sp³-hybridized carbons (Fsp3) is 0.381. The molecule has 3 aromatic heterocycles. The SMILES string of the molecule is Nc1nc2[nH]c(CCCCc3ccc(C(=O)C[C@@H](CCC(=O)O)C(=O)O)o3)cc2c(=O)[nH]1. The number of rotatable bonds is 12. The summed E-state index contributed by atoms with van der Waals surface area (Å²) in [5.41, 5.74) is 6.55. The number of unbranched alkanes of at least 4 members (excludes halogenated alkanes) is 1. The monoisotopic (exact) mass is 444 g/mol. The van der Waals surface area contributed by atoms with Gasteiger partial charge in [0.25, 0.3) is 5.56 Å². The number of furan rings is 1. The number of nitrogens with one attached hydrogen (secondary N) is 2. The Morgan fingerprint density at radius 3 is 2.59 bits per heavy atom. The maximum atomic E-state index is 12.3. The molecule has 0 unspecified atom stereocenters. The number of Topliss-reactive ketones (excluding diaryl/α,β-unsaturated/α-hetero) is 1. The highest BCUT2D eigenvalue weighted by Crippen LogP contribution is 2.19. The number of aromatic amines is 2. The van der Waals surface area contributed by atoms with E-state index in [9.17, 15) is 24.3 Å². The van der Waals surface area contributed by atoms with Crippen molar-refractivity contribution >= 4 is 34.7 Å². The number of nitrogens with two attached hydrogens (primary N) is 1. The fourth-order valence-corrected chi connectivity index (χ4v) is 3.44. The Bertz CT molecular complexity index is 1190. The average molecular weight is 444 g/mol. The first-order valence-electron chi connectivity index (χ1n) is 10.2. The summed E-state index contributed by atoms with van der Waals surface area (Å²) >= 11 is 0. The van der Waals surface area contributed by atoms with Gasteiger partial charge < -0.3 is 25.3 Å². The molecule has 0 aliphatic heterocycles. The van der Waals surface area contributed by atoms with Crippen LogP contribution in [0, 0.1) is 5.92 Å². The van der Waals surface area contributed by atoms with E-state index in [-0.39, 0.29) is 36.5 Å². The van der Waals surface area contributed by atoms with Crippen molar-refractivity contribution < 1.29 is 29.0 Å². The highest BCUT2D eigenvalue weighted by atomic mass is 16.4. The van der Waals surface area contributed by atoms with Crippen LogP contribution in [-0.4, -0.2) is 42.9 Å². The Morgan fingerprint density at radius 1 is 1.12 bits per heavy atom. The van der Waals surface area contributed by atoms with Crippen LogP contribution in [0.3, 0.4) is 0 Å². The van der Waals surface area contributed by atoms with E-state index in [0.29, 0.717) is 29.6 Å². The molecule has 3 aromatic rings. The predicted octanol–water partition coefficient (Wildman–Crippen LogP) is 2.13. The Hall–Kier alpha value is -3.89. The van der Waals surface area contributed by atoms with E-state index in [1.54, 1.807) is 12.1 Å². The van der Waals surface area contributed by atoms with E-state index in [1.165, 1.54) is 6.07 Å². The van der Waals surface area contributed by atoms with Gasteiger partial charge in [-0.1, -0.05) is 0 Å². The van der Waals surface area contributed by atoms with E-state index in [0.717, 1.165) is 18.5 Å². The van der Waals surface area contributed by atoms with Gasteiger partial charge in [0, 0.05) is 25.0 Å². The second kappa shape index (κ2) is 9.94. The zero-order chi connectivity index (χ0) is 23.3. The minimum Gasteiger partial charge on any atom is -0.481 e. The van der Waals surface area contributed by atoms with Crippen molar-refractivity contribution in [3.63, 3.8) is 0 Å². The maximum absolute atomic E-state index is 12.3. The molecule has 0 amide bonds. The Balaban J connectivity index is 1.49. The Kier molecular flexibility index (Phi) is 7.08. The van der Waals surface area contributed by atoms with E-state index in [1.807, 2.05) is 0 Å². The second-order valence-corrected chi connectivity index (χ2v) is 7.58. The third-order valence-electron chi connectivity index (χ3n) is 5.11. The highest BCUT2D eigenvalue weighted by molar-refractivity contribution is 5.95. The van der Waals surface area contributed by atoms with Gasteiger partial charge in [0.15, 0.2) is 11.5 Å². The molecule has 3 rings (SSSR count). The smallest absolute Gasteiger partial charge is 0.306 e. The summed E-state index contributed by atoms with van der Waals surface area (Å²) in [7, 11) is 0. The lowest BCUT2D eigenvalue weighted by Crippen LogP contribution is -2.19. The molecule has 0 radical (unpaired) electrons. The summed E-state index contributed by atoms with van der Waals surface area (Å²) in [6, 6.07) is 4.93. The van der Waals surface area contributed by atoms with Crippen LogP contribution in [0.15, 0.2) is 27.4 Å². The lowest BCUT2D eigenvalue weighted by Gasteiger charge is -2.08. The van der Waals surface area contributed by atoms with Gasteiger partial charge in [0.05, 0.1) is 11.3 Å². The van der Waals surface area contributed by atoms with E-state index in [2.05, 4.69) is 15.0 Å². The molecule has 0 saturated heterocycles. The number of aromatic nitrogens is 3. The molecule has 1 atom stereocenters. The van der Waals surface area contributed by atoms with Crippen molar-refractivity contribution in [2.45, 2.75) is 44.9 Å². The van der Waals surface area contributed by atoms with E-state index >= 15 is 0 Å². The molecular formula is C21H24N4O7. The fourth-order valence-electron chi connectivity index (χ4n) is 3.44. The second-order valence-electron chi connectivity index (χ2n) is 7.58. The minimum atomic E-state index is -1.21.